The summed E-state index contributed by atoms with van der Waals surface area (Å²) in [5.74, 6) is -0.166. The molecule has 0 aliphatic heterocycles. The van der Waals surface area contributed by atoms with Gasteiger partial charge in [-0.25, -0.2) is 13.1 Å². The molecule has 0 aromatic carbocycles. The lowest BCUT2D eigenvalue weighted by Gasteiger charge is -2.22. The molecule has 3 N–H and O–H groups in total. The minimum absolute atomic E-state index is 0.166. The minimum atomic E-state index is -3.18. The van der Waals surface area contributed by atoms with Crippen molar-refractivity contribution in [2.45, 2.75) is 19.4 Å². The third-order valence-electron chi connectivity index (χ3n) is 1.97. The molecule has 0 aliphatic carbocycles. The predicted molar refractivity (Wildman–Crippen MR) is 59.0 cm³/mol. The van der Waals surface area contributed by atoms with Gasteiger partial charge in [0.05, 0.1) is 11.8 Å². The monoisotopic (exact) mass is 237 g/mol. The summed E-state index contributed by atoms with van der Waals surface area (Å²) in [4.78, 5) is 11.5. The quantitative estimate of drug-likeness (QED) is 0.498. The van der Waals surface area contributed by atoms with E-state index in [9.17, 15) is 13.2 Å². The SMILES string of the molecule is CNC(C)(C)C(=O)NCCNS(C)(=O)=O. The highest BCUT2D eigenvalue weighted by Gasteiger charge is 2.24. The minimum Gasteiger partial charge on any atom is -0.353 e. The van der Waals surface area contributed by atoms with E-state index in [1.807, 2.05) is 0 Å². The molecule has 0 radical (unpaired) electrons. The van der Waals surface area contributed by atoms with Gasteiger partial charge in [-0.3, -0.25) is 4.79 Å². The van der Waals surface area contributed by atoms with E-state index in [1.165, 1.54) is 0 Å². The fraction of sp³-hybridized carbons (Fsp3) is 0.875. The van der Waals surface area contributed by atoms with Gasteiger partial charge in [0.25, 0.3) is 0 Å². The average Bonchev–Trinajstić information content (AvgIpc) is 2.10. The lowest BCUT2D eigenvalue weighted by molar-refractivity contribution is -0.126. The summed E-state index contributed by atoms with van der Waals surface area (Å²) in [5.41, 5.74) is -0.648. The Kier molecular flexibility index (Phi) is 5.19. The van der Waals surface area contributed by atoms with Crippen LogP contribution in [-0.4, -0.2) is 46.3 Å². The predicted octanol–water partition coefficient (Wildman–Crippen LogP) is -1.35. The Labute approximate surface area is 90.9 Å². The summed E-state index contributed by atoms with van der Waals surface area (Å²) in [7, 11) is -1.49. The van der Waals surface area contributed by atoms with E-state index in [0.29, 0.717) is 0 Å². The van der Waals surface area contributed by atoms with Gasteiger partial charge in [-0.05, 0) is 20.9 Å². The lowest BCUT2D eigenvalue weighted by Crippen LogP contribution is -2.52. The third-order valence-corrected chi connectivity index (χ3v) is 2.70. The zero-order valence-corrected chi connectivity index (χ0v) is 10.4. The van der Waals surface area contributed by atoms with Crippen LogP contribution in [0.25, 0.3) is 0 Å². The largest absolute Gasteiger partial charge is 0.353 e. The summed E-state index contributed by atoms with van der Waals surface area (Å²) in [6, 6.07) is 0. The molecule has 0 saturated carbocycles. The van der Waals surface area contributed by atoms with Crippen LogP contribution < -0.4 is 15.4 Å². The molecule has 0 aliphatic rings. The maximum Gasteiger partial charge on any atom is 0.239 e. The highest BCUT2D eigenvalue weighted by molar-refractivity contribution is 7.88. The lowest BCUT2D eigenvalue weighted by atomic mass is 10.1. The van der Waals surface area contributed by atoms with Crippen molar-refractivity contribution in [2.24, 2.45) is 0 Å². The van der Waals surface area contributed by atoms with Crippen LogP contribution in [-0.2, 0) is 14.8 Å². The van der Waals surface area contributed by atoms with E-state index < -0.39 is 15.6 Å². The Morgan fingerprint density at radius 3 is 2.20 bits per heavy atom. The maximum atomic E-state index is 11.5. The number of hydrogen-bond donors (Lipinski definition) is 3. The first-order chi connectivity index (χ1) is 6.69. The van der Waals surface area contributed by atoms with Crippen LogP contribution >= 0.6 is 0 Å². The first-order valence-electron chi connectivity index (χ1n) is 4.61. The summed E-state index contributed by atoms with van der Waals surface area (Å²) >= 11 is 0. The van der Waals surface area contributed by atoms with Crippen molar-refractivity contribution in [2.75, 3.05) is 26.4 Å². The highest BCUT2D eigenvalue weighted by atomic mass is 32.2. The molecule has 6 nitrogen and oxygen atoms in total. The molecule has 15 heavy (non-hydrogen) atoms. The molecule has 0 saturated heterocycles. The molecule has 90 valence electrons. The van der Waals surface area contributed by atoms with Crippen LogP contribution in [0.5, 0.6) is 0 Å². The first-order valence-corrected chi connectivity index (χ1v) is 6.50. The van der Waals surface area contributed by atoms with Gasteiger partial charge in [0, 0.05) is 13.1 Å². The molecule has 0 bridgehead atoms. The third kappa shape index (κ3) is 6.43. The molecule has 0 spiro atoms. The van der Waals surface area contributed by atoms with Crippen molar-refractivity contribution < 1.29 is 13.2 Å². The Bertz CT molecular complexity index is 311. The Hall–Kier alpha value is -0.660. The summed E-state index contributed by atoms with van der Waals surface area (Å²) in [6.07, 6.45) is 1.08. The highest BCUT2D eigenvalue weighted by Crippen LogP contribution is 1.99. The van der Waals surface area contributed by atoms with Crippen molar-refractivity contribution in [3.8, 4) is 0 Å². The van der Waals surface area contributed by atoms with Gasteiger partial charge in [-0.1, -0.05) is 0 Å². The van der Waals surface area contributed by atoms with Gasteiger partial charge in [0.2, 0.25) is 15.9 Å². The van der Waals surface area contributed by atoms with E-state index in [1.54, 1.807) is 20.9 Å². The van der Waals surface area contributed by atoms with Gasteiger partial charge in [0.15, 0.2) is 0 Å². The number of amides is 1. The summed E-state index contributed by atoms with van der Waals surface area (Å²) < 4.78 is 23.7. The van der Waals surface area contributed by atoms with Gasteiger partial charge in [-0.15, -0.1) is 0 Å². The molecule has 0 unspecified atom stereocenters. The van der Waals surface area contributed by atoms with Gasteiger partial charge in [-0.2, -0.15) is 0 Å². The number of likely N-dealkylation sites (N-methyl/N-ethyl adjacent to an activating group) is 1. The van der Waals surface area contributed by atoms with Crippen LogP contribution in [0.1, 0.15) is 13.8 Å². The molecular weight excluding hydrogens is 218 g/mol. The molecule has 0 atom stereocenters. The molecule has 0 heterocycles. The fourth-order valence-corrected chi connectivity index (χ4v) is 1.22. The topological polar surface area (TPSA) is 87.3 Å². The van der Waals surface area contributed by atoms with Crippen molar-refractivity contribution in [3.05, 3.63) is 0 Å². The average molecular weight is 237 g/mol. The number of hydrogen-bond acceptors (Lipinski definition) is 4. The number of carbonyl (C=O) groups excluding carboxylic acids is 1. The Morgan fingerprint density at radius 2 is 1.80 bits per heavy atom. The second-order valence-electron chi connectivity index (χ2n) is 3.80. The van der Waals surface area contributed by atoms with Crippen molar-refractivity contribution in [1.29, 1.82) is 0 Å². The van der Waals surface area contributed by atoms with Crippen molar-refractivity contribution in [1.82, 2.24) is 15.4 Å². The summed E-state index contributed by atoms with van der Waals surface area (Å²) in [5, 5.41) is 5.47. The second kappa shape index (κ2) is 5.43. The number of nitrogens with one attached hydrogen (secondary N) is 3. The molecule has 0 fully saturated rings. The Balaban J connectivity index is 3.84. The zero-order valence-electron chi connectivity index (χ0n) is 9.55. The van der Waals surface area contributed by atoms with Crippen LogP contribution in [0.15, 0.2) is 0 Å². The van der Waals surface area contributed by atoms with Crippen LogP contribution in [0, 0.1) is 0 Å². The normalized spacial score (nSPS) is 12.5. The van der Waals surface area contributed by atoms with Crippen LogP contribution in [0.3, 0.4) is 0 Å². The van der Waals surface area contributed by atoms with E-state index in [0.717, 1.165) is 6.26 Å². The smallest absolute Gasteiger partial charge is 0.239 e. The zero-order chi connectivity index (χ0) is 12.1. The van der Waals surface area contributed by atoms with Crippen LogP contribution in [0.4, 0.5) is 0 Å². The van der Waals surface area contributed by atoms with E-state index >= 15 is 0 Å². The molecule has 0 aromatic heterocycles. The number of sulfonamides is 1. The maximum absolute atomic E-state index is 11.5. The van der Waals surface area contributed by atoms with E-state index in [-0.39, 0.29) is 19.0 Å². The molecule has 1 amide bonds. The molecule has 7 heteroatoms. The van der Waals surface area contributed by atoms with E-state index in [4.69, 9.17) is 0 Å². The van der Waals surface area contributed by atoms with Crippen molar-refractivity contribution >= 4 is 15.9 Å². The molecule has 0 aromatic rings. The Morgan fingerprint density at radius 1 is 1.27 bits per heavy atom. The van der Waals surface area contributed by atoms with Gasteiger partial charge in [0.1, 0.15) is 0 Å². The van der Waals surface area contributed by atoms with E-state index in [2.05, 4.69) is 15.4 Å². The number of rotatable bonds is 6. The number of carbonyl (C=O) groups is 1. The van der Waals surface area contributed by atoms with Crippen molar-refractivity contribution in [3.63, 3.8) is 0 Å². The van der Waals surface area contributed by atoms with Gasteiger partial charge >= 0.3 is 0 Å². The second-order valence-corrected chi connectivity index (χ2v) is 5.63. The van der Waals surface area contributed by atoms with Crippen LogP contribution in [0.2, 0.25) is 0 Å². The fourth-order valence-electron chi connectivity index (χ4n) is 0.747. The summed E-state index contributed by atoms with van der Waals surface area (Å²) in [6.45, 7) is 3.96. The first kappa shape index (κ1) is 14.3. The molecule has 0 rings (SSSR count). The molecular formula is C8H19N3O3S. The van der Waals surface area contributed by atoms with Gasteiger partial charge < -0.3 is 10.6 Å². The standard InChI is InChI=1S/C8H19N3O3S/c1-8(2,9-3)7(12)10-5-6-11-15(4,13)14/h9,11H,5-6H2,1-4H3,(H,10,12).